The first-order valence-electron chi connectivity index (χ1n) is 1.84. The van der Waals surface area contributed by atoms with E-state index in [4.69, 9.17) is 45.0 Å². The van der Waals surface area contributed by atoms with E-state index < -0.39 is 18.5 Å². The largest absolute Gasteiger partial charge is 3.00 e. The number of rotatable bonds is 0. The van der Waals surface area contributed by atoms with E-state index in [0.29, 0.717) is 0 Å². The molecule has 0 unspecified atom stereocenters. The van der Waals surface area contributed by atoms with Gasteiger partial charge in [0.2, 0.25) is 0 Å². The Bertz CT molecular complexity index is 123. The van der Waals surface area contributed by atoms with Crippen molar-refractivity contribution in [3.8, 4) is 0 Å². The van der Waals surface area contributed by atoms with Crippen molar-refractivity contribution in [2.75, 3.05) is 0 Å². The Morgan fingerprint density at radius 2 is 0.600 bits per heavy atom. The van der Waals surface area contributed by atoms with Crippen LogP contribution < -0.4 is 49.5 Å². The predicted molar refractivity (Wildman–Crippen MR) is 27.7 cm³/mol. The monoisotopic (exact) mass is 238 g/mol. The van der Waals surface area contributed by atoms with Gasteiger partial charge in [0.25, 0.3) is 0 Å². The Labute approximate surface area is 122 Å². The topological polar surface area (TPSA) is 190 Å². The van der Waals surface area contributed by atoms with Crippen molar-refractivity contribution in [3.63, 3.8) is 0 Å². The minimum absolute atomic E-state index is 0. The van der Waals surface area contributed by atoms with Crippen molar-refractivity contribution < 1.29 is 63.9 Å². The smallest absolute Gasteiger partial charge is 0.652 e. The van der Waals surface area contributed by atoms with Crippen molar-refractivity contribution in [2.45, 2.75) is 0 Å². The minimum atomic E-state index is -2.33. The van der Waals surface area contributed by atoms with Crippen molar-refractivity contribution in [3.05, 3.63) is 0 Å². The SMILES string of the molecule is O=C([O-])[O-].O=C([O-])[O-].O=C([O-])[O-].[Al+3].[Li+].[Mg+2]. The molecule has 0 aromatic heterocycles. The molecule has 12 heteroatoms. The molecular formula is C3AlLiMgO9. The molecule has 0 aromatic rings. The zero-order valence-electron chi connectivity index (χ0n) is 7.46. The Hall–Kier alpha value is -0.294. The number of hydrogen-bond donors (Lipinski definition) is 0. The molecular weight excluding hydrogens is 238 g/mol. The van der Waals surface area contributed by atoms with Crippen LogP contribution in [0.2, 0.25) is 0 Å². The molecule has 0 atom stereocenters. The molecule has 0 aromatic carbocycles. The molecule has 0 N–H and O–H groups in total. The fourth-order valence-electron chi connectivity index (χ4n) is 0. The van der Waals surface area contributed by atoms with Gasteiger partial charge in [0.05, 0.1) is 0 Å². The molecule has 0 saturated carbocycles. The molecule has 0 aliphatic carbocycles. The predicted octanol–water partition coefficient (Wildman–Crippen LogP) is -11.1. The van der Waals surface area contributed by atoms with Crippen LogP contribution in [0.1, 0.15) is 0 Å². The van der Waals surface area contributed by atoms with E-state index >= 15 is 0 Å². The molecule has 0 rings (SSSR count). The molecule has 9 nitrogen and oxygen atoms in total. The molecule has 0 spiro atoms. The average molecular weight is 238 g/mol. The molecule has 0 aliphatic heterocycles. The van der Waals surface area contributed by atoms with Crippen LogP contribution in [0.3, 0.4) is 0 Å². The maximum Gasteiger partial charge on any atom is 3.00 e. The third kappa shape index (κ3) is 21700. The molecule has 0 amide bonds. The van der Waals surface area contributed by atoms with Crippen LogP contribution in [0.4, 0.5) is 14.4 Å². The first-order valence-corrected chi connectivity index (χ1v) is 1.84. The summed E-state index contributed by atoms with van der Waals surface area (Å²) in [5.41, 5.74) is 0. The molecule has 0 heterocycles. The zero-order chi connectivity index (χ0) is 10.7. The Kier molecular flexibility index (Phi) is 70.9. The normalized spacial score (nSPS) is 4.80. The maximum atomic E-state index is 8.33. The second kappa shape index (κ2) is 29.2. The van der Waals surface area contributed by atoms with E-state index in [0.717, 1.165) is 0 Å². The van der Waals surface area contributed by atoms with Crippen LogP contribution in [0.15, 0.2) is 0 Å². The van der Waals surface area contributed by atoms with Crippen molar-refractivity contribution in [1.82, 2.24) is 0 Å². The van der Waals surface area contributed by atoms with Gasteiger partial charge < -0.3 is 45.0 Å². The molecule has 0 bridgehead atoms. The van der Waals surface area contributed by atoms with Crippen LogP contribution in [0.5, 0.6) is 0 Å². The van der Waals surface area contributed by atoms with Gasteiger partial charge in [-0.2, -0.15) is 0 Å². The minimum Gasteiger partial charge on any atom is -0.652 e. The number of hydrogen-bond acceptors (Lipinski definition) is 9. The molecule has 15 heavy (non-hydrogen) atoms. The maximum absolute atomic E-state index is 8.33. The Morgan fingerprint density at radius 1 is 0.600 bits per heavy atom. The quantitative estimate of drug-likeness (QED) is 0.368. The van der Waals surface area contributed by atoms with Gasteiger partial charge in [0, 0.05) is 0 Å². The van der Waals surface area contributed by atoms with E-state index in [1.165, 1.54) is 0 Å². The standard InChI is InChI=1S/3CH2O3.Al.Li.Mg/c3*2-1(3)4;;;/h3*(H2,2,3,4);;;/q;;;+3;+1;+2/p-6. The van der Waals surface area contributed by atoms with E-state index in [9.17, 15) is 0 Å². The number of carbonyl (C=O) groups excluding carboxylic acids is 3. The summed E-state index contributed by atoms with van der Waals surface area (Å²) in [6.45, 7) is 0. The summed E-state index contributed by atoms with van der Waals surface area (Å²) in [7, 11) is 0. The van der Waals surface area contributed by atoms with Crippen molar-refractivity contribution in [2.24, 2.45) is 0 Å². The van der Waals surface area contributed by atoms with Crippen LogP contribution in [0.25, 0.3) is 0 Å². The number of carbonyl (C=O) groups is 3. The molecule has 0 radical (unpaired) electrons. The van der Waals surface area contributed by atoms with Gasteiger partial charge in [-0.25, -0.2) is 0 Å². The third-order valence-electron chi connectivity index (χ3n) is 0. The zero-order valence-corrected chi connectivity index (χ0v) is 10.0. The summed E-state index contributed by atoms with van der Waals surface area (Å²) >= 11 is 0. The van der Waals surface area contributed by atoms with E-state index in [2.05, 4.69) is 0 Å². The van der Waals surface area contributed by atoms with Gasteiger partial charge in [-0.15, -0.1) is 0 Å². The molecule has 0 saturated heterocycles. The van der Waals surface area contributed by atoms with Crippen LogP contribution >= 0.6 is 0 Å². The van der Waals surface area contributed by atoms with Crippen molar-refractivity contribution >= 4 is 58.9 Å². The van der Waals surface area contributed by atoms with Gasteiger partial charge in [-0.1, -0.05) is 0 Å². The van der Waals surface area contributed by atoms with Crippen LogP contribution in [-0.4, -0.2) is 58.9 Å². The summed E-state index contributed by atoms with van der Waals surface area (Å²) in [6, 6.07) is 0. The Morgan fingerprint density at radius 3 is 0.600 bits per heavy atom. The van der Waals surface area contributed by atoms with E-state index in [-0.39, 0.29) is 59.3 Å². The third-order valence-corrected chi connectivity index (χ3v) is 0. The van der Waals surface area contributed by atoms with E-state index in [1.807, 2.05) is 0 Å². The summed E-state index contributed by atoms with van der Waals surface area (Å²) < 4.78 is 0. The summed E-state index contributed by atoms with van der Waals surface area (Å²) in [6.07, 6.45) is -7.00. The summed E-state index contributed by atoms with van der Waals surface area (Å²) in [4.78, 5) is 25.0. The van der Waals surface area contributed by atoms with Gasteiger partial charge in [-0.3, -0.25) is 0 Å². The van der Waals surface area contributed by atoms with Gasteiger partial charge in [0.1, 0.15) is 0 Å². The van der Waals surface area contributed by atoms with Gasteiger partial charge in [0.15, 0.2) is 0 Å². The fraction of sp³-hybridized carbons (Fsp3) is 0. The van der Waals surface area contributed by atoms with Crippen molar-refractivity contribution in [1.29, 1.82) is 0 Å². The summed E-state index contributed by atoms with van der Waals surface area (Å²) in [5.74, 6) is 0. The molecule has 0 fully saturated rings. The van der Waals surface area contributed by atoms with E-state index in [1.54, 1.807) is 0 Å². The number of carboxylic acid groups (broad SMARTS) is 6. The first-order chi connectivity index (χ1) is 5.20. The Balaban J connectivity index is -0.0000000184. The molecule has 0 aliphatic rings. The van der Waals surface area contributed by atoms with Crippen LogP contribution in [-0.2, 0) is 0 Å². The first kappa shape index (κ1) is 36.4. The van der Waals surface area contributed by atoms with Crippen LogP contribution in [0, 0.1) is 0 Å². The summed E-state index contributed by atoms with van der Waals surface area (Å²) in [5, 5.41) is 50.0. The second-order valence-electron chi connectivity index (χ2n) is 0.750. The average Bonchev–Trinajstić information content (AvgIpc) is 1.54. The van der Waals surface area contributed by atoms with Gasteiger partial charge >= 0.3 is 59.3 Å². The molecule has 72 valence electrons. The fourth-order valence-corrected chi connectivity index (χ4v) is 0. The van der Waals surface area contributed by atoms with Gasteiger partial charge in [-0.05, 0) is 18.5 Å². The second-order valence-corrected chi connectivity index (χ2v) is 0.750.